The van der Waals surface area contributed by atoms with Crippen LogP contribution in [0, 0.1) is 13.8 Å². The number of fused-ring (bicyclic) bond motifs is 1. The number of aryl methyl sites for hydroxylation is 1. The number of benzene rings is 2. The third-order valence-electron chi connectivity index (χ3n) is 4.40. The number of carbonyl (C=O) groups is 1. The van der Waals surface area contributed by atoms with Crippen LogP contribution in [0.25, 0.3) is 15.9 Å². The number of nitrogens with zero attached hydrogens (tertiary/aromatic N) is 3. The number of hydrogen-bond acceptors (Lipinski definition) is 5. The zero-order valence-electron chi connectivity index (χ0n) is 15.2. The number of nitrogens with one attached hydrogen (secondary N) is 1. The fraction of sp³-hybridized carbons (Fsp3) is 0.150. The maximum absolute atomic E-state index is 12.8. The summed E-state index contributed by atoms with van der Waals surface area (Å²) in [5, 5.41) is 7.78. The van der Waals surface area contributed by atoms with Gasteiger partial charge in [-0.1, -0.05) is 35.6 Å². The molecule has 0 saturated carbocycles. The van der Waals surface area contributed by atoms with Crippen molar-refractivity contribution in [3.8, 4) is 11.4 Å². The molecule has 0 radical (unpaired) electrons. The van der Waals surface area contributed by atoms with E-state index in [-0.39, 0.29) is 5.91 Å². The highest BCUT2D eigenvalue weighted by molar-refractivity contribution is 7.22. The first-order valence-corrected chi connectivity index (χ1v) is 9.25. The topological polar surface area (TPSA) is 69.0 Å². The van der Waals surface area contributed by atoms with Crippen molar-refractivity contribution >= 4 is 32.6 Å². The average Bonchev–Trinajstić information content (AvgIpc) is 3.27. The monoisotopic (exact) mass is 378 g/mol. The maximum Gasteiger partial charge on any atom is 0.260 e. The van der Waals surface area contributed by atoms with Gasteiger partial charge in [0.25, 0.3) is 5.91 Å². The smallest absolute Gasteiger partial charge is 0.260 e. The molecule has 0 aliphatic carbocycles. The van der Waals surface area contributed by atoms with Crippen LogP contribution in [0.15, 0.2) is 48.7 Å². The SMILES string of the molecule is COc1ccc(C)c2sc(NC(=O)c3cnn(-c4ccccc4)c3C)nc12. The Labute approximate surface area is 160 Å². The van der Waals surface area contributed by atoms with Gasteiger partial charge in [0.2, 0.25) is 0 Å². The summed E-state index contributed by atoms with van der Waals surface area (Å²) in [6.07, 6.45) is 1.58. The second-order valence-corrected chi connectivity index (χ2v) is 7.13. The summed E-state index contributed by atoms with van der Waals surface area (Å²) in [4.78, 5) is 17.3. The van der Waals surface area contributed by atoms with Crippen LogP contribution in [-0.2, 0) is 0 Å². The van der Waals surface area contributed by atoms with Crippen LogP contribution in [0.3, 0.4) is 0 Å². The average molecular weight is 378 g/mol. The van der Waals surface area contributed by atoms with Crippen molar-refractivity contribution < 1.29 is 9.53 Å². The minimum absolute atomic E-state index is 0.231. The minimum atomic E-state index is -0.231. The molecule has 1 amide bonds. The summed E-state index contributed by atoms with van der Waals surface area (Å²) in [5.74, 6) is 0.464. The molecule has 4 rings (SSSR count). The van der Waals surface area contributed by atoms with Gasteiger partial charge in [-0.25, -0.2) is 9.67 Å². The third kappa shape index (κ3) is 3.06. The number of hydrogen-bond donors (Lipinski definition) is 1. The first kappa shape index (κ1) is 17.2. The standard InChI is InChI=1S/C20H18N4O2S/c1-12-9-10-16(26-3)17-18(12)27-20(22-17)23-19(25)15-11-21-24(13(15)2)14-7-5-4-6-8-14/h4-11H,1-3H3,(H,22,23,25). The van der Waals surface area contributed by atoms with Crippen LogP contribution in [0.2, 0.25) is 0 Å². The molecule has 0 atom stereocenters. The number of thiazole rings is 1. The molecule has 1 N–H and O–H groups in total. The van der Waals surface area contributed by atoms with Crippen molar-refractivity contribution in [3.63, 3.8) is 0 Å². The van der Waals surface area contributed by atoms with Gasteiger partial charge in [-0.15, -0.1) is 0 Å². The third-order valence-corrected chi connectivity index (χ3v) is 5.51. The molecule has 0 spiro atoms. The van der Waals surface area contributed by atoms with Crippen molar-refractivity contribution in [2.45, 2.75) is 13.8 Å². The van der Waals surface area contributed by atoms with Gasteiger partial charge in [0.15, 0.2) is 5.13 Å². The van der Waals surface area contributed by atoms with Crippen molar-refractivity contribution in [1.82, 2.24) is 14.8 Å². The van der Waals surface area contributed by atoms with Gasteiger partial charge >= 0.3 is 0 Å². The van der Waals surface area contributed by atoms with E-state index in [2.05, 4.69) is 15.4 Å². The van der Waals surface area contributed by atoms with Gasteiger partial charge in [-0.3, -0.25) is 10.1 Å². The number of ether oxygens (including phenoxy) is 1. The highest BCUT2D eigenvalue weighted by atomic mass is 32.1. The Morgan fingerprint density at radius 1 is 1.15 bits per heavy atom. The van der Waals surface area contributed by atoms with Crippen molar-refractivity contribution in [3.05, 3.63) is 65.5 Å². The van der Waals surface area contributed by atoms with Crippen LogP contribution in [0.4, 0.5) is 5.13 Å². The lowest BCUT2D eigenvalue weighted by molar-refractivity contribution is 0.102. The van der Waals surface area contributed by atoms with E-state index in [9.17, 15) is 4.79 Å². The molecule has 0 fully saturated rings. The summed E-state index contributed by atoms with van der Waals surface area (Å²) >= 11 is 1.44. The second-order valence-electron chi connectivity index (χ2n) is 6.13. The van der Waals surface area contributed by atoms with Crippen LogP contribution in [0.1, 0.15) is 21.6 Å². The van der Waals surface area contributed by atoms with Gasteiger partial charge in [-0.2, -0.15) is 5.10 Å². The van der Waals surface area contributed by atoms with Crippen molar-refractivity contribution in [2.75, 3.05) is 12.4 Å². The Kier molecular flexibility index (Phi) is 4.37. The molecule has 27 heavy (non-hydrogen) atoms. The number of carbonyl (C=O) groups excluding carboxylic acids is 1. The van der Waals surface area contributed by atoms with Gasteiger partial charge in [0, 0.05) is 0 Å². The van der Waals surface area contributed by atoms with E-state index in [1.807, 2.05) is 56.3 Å². The Hall–Kier alpha value is -3.19. The number of amides is 1. The fourth-order valence-corrected chi connectivity index (χ4v) is 3.90. The molecule has 2 aromatic heterocycles. The predicted molar refractivity (Wildman–Crippen MR) is 107 cm³/mol. The number of rotatable bonds is 4. The van der Waals surface area contributed by atoms with Crippen molar-refractivity contribution in [1.29, 1.82) is 0 Å². The molecule has 0 bridgehead atoms. The van der Waals surface area contributed by atoms with Crippen LogP contribution in [0.5, 0.6) is 5.75 Å². The molecule has 6 nitrogen and oxygen atoms in total. The Balaban J connectivity index is 1.65. The normalized spacial score (nSPS) is 10.9. The van der Waals surface area contributed by atoms with Crippen LogP contribution < -0.4 is 10.1 Å². The summed E-state index contributed by atoms with van der Waals surface area (Å²) in [6.45, 7) is 3.89. The molecule has 0 unspecified atom stereocenters. The molecule has 2 aromatic carbocycles. The van der Waals surface area contributed by atoms with E-state index in [1.165, 1.54) is 11.3 Å². The van der Waals surface area contributed by atoms with E-state index < -0.39 is 0 Å². The molecular weight excluding hydrogens is 360 g/mol. The zero-order chi connectivity index (χ0) is 19.0. The molecule has 4 aromatic rings. The summed E-state index contributed by atoms with van der Waals surface area (Å²) in [6, 6.07) is 13.6. The maximum atomic E-state index is 12.8. The summed E-state index contributed by atoms with van der Waals surface area (Å²) in [7, 11) is 1.61. The molecule has 0 saturated heterocycles. The van der Waals surface area contributed by atoms with Crippen LogP contribution >= 0.6 is 11.3 Å². The van der Waals surface area contributed by atoms with Crippen molar-refractivity contribution in [2.24, 2.45) is 0 Å². The summed E-state index contributed by atoms with van der Waals surface area (Å²) in [5.41, 5.74) is 4.05. The van der Waals surface area contributed by atoms with E-state index >= 15 is 0 Å². The zero-order valence-corrected chi connectivity index (χ0v) is 16.0. The lowest BCUT2D eigenvalue weighted by atomic mass is 10.2. The molecule has 7 heteroatoms. The molecular formula is C20H18N4O2S. The fourth-order valence-electron chi connectivity index (χ4n) is 2.95. The highest BCUT2D eigenvalue weighted by Gasteiger charge is 2.18. The number of methoxy groups -OCH3 is 1. The van der Waals surface area contributed by atoms with Crippen LogP contribution in [-0.4, -0.2) is 27.8 Å². The molecule has 0 aliphatic rings. The van der Waals surface area contributed by atoms with E-state index in [1.54, 1.807) is 18.0 Å². The lowest BCUT2D eigenvalue weighted by Crippen LogP contribution is -2.12. The molecule has 0 aliphatic heterocycles. The van der Waals surface area contributed by atoms with Gasteiger partial charge in [0.1, 0.15) is 11.3 Å². The number of aromatic nitrogens is 3. The van der Waals surface area contributed by atoms with Gasteiger partial charge in [0.05, 0.1) is 35.0 Å². The largest absolute Gasteiger partial charge is 0.494 e. The Morgan fingerprint density at radius 2 is 1.93 bits per heavy atom. The lowest BCUT2D eigenvalue weighted by Gasteiger charge is -2.05. The first-order chi connectivity index (χ1) is 13.1. The highest BCUT2D eigenvalue weighted by Crippen LogP contribution is 2.34. The van der Waals surface area contributed by atoms with E-state index in [0.717, 1.165) is 27.2 Å². The quantitative estimate of drug-likeness (QED) is 0.573. The van der Waals surface area contributed by atoms with Gasteiger partial charge in [-0.05, 0) is 37.6 Å². The Bertz CT molecular complexity index is 1130. The number of anilines is 1. The predicted octanol–water partition coefficient (Wildman–Crippen LogP) is 4.36. The van der Waals surface area contributed by atoms with E-state index in [0.29, 0.717) is 16.4 Å². The first-order valence-electron chi connectivity index (χ1n) is 8.44. The molecule has 136 valence electrons. The molecule has 2 heterocycles. The summed E-state index contributed by atoms with van der Waals surface area (Å²) < 4.78 is 8.13. The number of para-hydroxylation sites is 1. The minimum Gasteiger partial charge on any atom is -0.494 e. The van der Waals surface area contributed by atoms with Gasteiger partial charge < -0.3 is 4.74 Å². The Morgan fingerprint density at radius 3 is 2.67 bits per heavy atom. The second kappa shape index (κ2) is 6.85. The van der Waals surface area contributed by atoms with E-state index in [4.69, 9.17) is 4.74 Å².